The highest BCUT2D eigenvalue weighted by atomic mass is 32.2. The molecule has 0 spiro atoms. The molecule has 1 N–H and O–H groups in total. The Kier molecular flexibility index (Phi) is 7.08. The number of rotatable bonds is 8. The van der Waals surface area contributed by atoms with Crippen LogP contribution in [0.5, 0.6) is 5.75 Å². The van der Waals surface area contributed by atoms with Crippen molar-refractivity contribution in [2.24, 2.45) is 0 Å². The molecule has 1 aromatic heterocycles. The van der Waals surface area contributed by atoms with Crippen LogP contribution >= 0.6 is 11.8 Å². The second kappa shape index (κ2) is 9.48. The van der Waals surface area contributed by atoms with Crippen molar-refractivity contribution in [1.29, 1.82) is 0 Å². The molecule has 0 radical (unpaired) electrons. The molecule has 0 saturated carbocycles. The number of aliphatic carboxylic acids is 1. The van der Waals surface area contributed by atoms with Crippen molar-refractivity contribution in [3.63, 3.8) is 0 Å². The summed E-state index contributed by atoms with van der Waals surface area (Å²) in [5, 5.41) is 10.7. The van der Waals surface area contributed by atoms with Gasteiger partial charge in [0.25, 0.3) is 0 Å². The molecule has 0 aliphatic rings. The Morgan fingerprint density at radius 3 is 2.30 bits per heavy atom. The summed E-state index contributed by atoms with van der Waals surface area (Å²) in [5.41, 5.74) is 2.62. The summed E-state index contributed by atoms with van der Waals surface area (Å²) in [6.07, 6.45) is 3.24. The van der Waals surface area contributed by atoms with E-state index < -0.39 is 11.6 Å². The Morgan fingerprint density at radius 2 is 1.73 bits per heavy atom. The maximum atomic E-state index is 12.9. The van der Waals surface area contributed by atoms with Crippen LogP contribution in [-0.4, -0.2) is 27.7 Å². The molecule has 0 aliphatic heterocycles. The number of hydrogen-bond acceptors (Lipinski definition) is 5. The summed E-state index contributed by atoms with van der Waals surface area (Å²) < 4.78 is 11.7. The number of carbonyl (C=O) groups is 2. The molecule has 0 saturated heterocycles. The van der Waals surface area contributed by atoms with Gasteiger partial charge in [0.2, 0.25) is 5.78 Å². The first-order valence-electron chi connectivity index (χ1n) is 10.8. The number of aryl methyl sites for hydroxylation is 3. The molecule has 6 heteroatoms. The third-order valence-electron chi connectivity index (χ3n) is 5.29. The van der Waals surface area contributed by atoms with Gasteiger partial charge in [0.05, 0.1) is 0 Å². The van der Waals surface area contributed by atoms with Crippen molar-refractivity contribution in [1.82, 2.24) is 0 Å². The number of allylic oxidation sites excluding steroid dienone is 1. The van der Waals surface area contributed by atoms with E-state index in [2.05, 4.69) is 19.9 Å². The lowest BCUT2D eigenvalue weighted by Gasteiger charge is -2.24. The number of ketones is 1. The van der Waals surface area contributed by atoms with Crippen LogP contribution in [0.1, 0.15) is 60.5 Å². The van der Waals surface area contributed by atoms with Crippen molar-refractivity contribution < 1.29 is 23.8 Å². The molecule has 174 valence electrons. The molecular weight excluding hydrogens is 436 g/mol. The predicted molar refractivity (Wildman–Crippen MR) is 134 cm³/mol. The molecule has 0 bridgehead atoms. The quantitative estimate of drug-likeness (QED) is 0.219. The number of fused-ring (bicyclic) bond motifs is 1. The minimum Gasteiger partial charge on any atom is -0.478 e. The van der Waals surface area contributed by atoms with Gasteiger partial charge in [-0.3, -0.25) is 4.79 Å². The molecule has 2 aromatic carbocycles. The zero-order valence-corrected chi connectivity index (χ0v) is 20.9. The zero-order chi connectivity index (χ0) is 24.5. The van der Waals surface area contributed by atoms with Crippen LogP contribution in [0.25, 0.3) is 17.0 Å². The summed E-state index contributed by atoms with van der Waals surface area (Å²) in [4.78, 5) is 25.4. The lowest BCUT2D eigenvalue weighted by molar-refractivity contribution is -0.152. The number of thioether (sulfide) groups is 1. The normalized spacial score (nSPS) is 12.1. The number of hydrogen-bond donors (Lipinski definition) is 1. The maximum Gasteiger partial charge on any atom is 0.347 e. The van der Waals surface area contributed by atoms with E-state index in [-0.39, 0.29) is 5.78 Å². The standard InChI is InChI=1S/C27H30O5S/c1-15(2)33-20-9-10-21-18(5)25(31-23(21)14-20)22(28)11-8-19-12-16(3)24(17(4)13-19)32-27(6,7)26(29)30/h8-15H,1-7H3,(H,29,30)/b11-8+. The molecule has 3 rings (SSSR count). The van der Waals surface area contributed by atoms with Crippen LogP contribution in [0.4, 0.5) is 0 Å². The summed E-state index contributed by atoms with van der Waals surface area (Å²) in [6, 6.07) is 9.78. The Bertz CT molecular complexity index is 1220. The van der Waals surface area contributed by atoms with Gasteiger partial charge in [-0.15, -0.1) is 11.8 Å². The third kappa shape index (κ3) is 5.50. The van der Waals surface area contributed by atoms with Gasteiger partial charge in [-0.25, -0.2) is 4.79 Å². The Hall–Kier alpha value is -2.99. The summed E-state index contributed by atoms with van der Waals surface area (Å²) in [7, 11) is 0. The maximum absolute atomic E-state index is 12.9. The number of ether oxygens (including phenoxy) is 1. The lowest BCUT2D eigenvalue weighted by atomic mass is 10.0. The van der Waals surface area contributed by atoms with E-state index in [1.165, 1.54) is 19.9 Å². The van der Waals surface area contributed by atoms with Gasteiger partial charge in [-0.1, -0.05) is 19.9 Å². The van der Waals surface area contributed by atoms with Crippen molar-refractivity contribution in [3.05, 3.63) is 64.4 Å². The Labute approximate surface area is 198 Å². The third-order valence-corrected chi connectivity index (χ3v) is 6.28. The number of furan rings is 1. The Morgan fingerprint density at radius 1 is 1.09 bits per heavy atom. The van der Waals surface area contributed by atoms with Crippen molar-refractivity contribution in [2.45, 2.75) is 64.2 Å². The largest absolute Gasteiger partial charge is 0.478 e. The van der Waals surface area contributed by atoms with Crippen molar-refractivity contribution in [3.8, 4) is 5.75 Å². The molecule has 0 amide bonds. The van der Waals surface area contributed by atoms with E-state index in [0.29, 0.717) is 22.3 Å². The van der Waals surface area contributed by atoms with Crippen LogP contribution in [0.15, 0.2) is 45.7 Å². The molecule has 0 fully saturated rings. The molecule has 0 atom stereocenters. The highest BCUT2D eigenvalue weighted by molar-refractivity contribution is 7.99. The first-order chi connectivity index (χ1) is 15.4. The van der Waals surface area contributed by atoms with Crippen LogP contribution in [0.2, 0.25) is 0 Å². The van der Waals surface area contributed by atoms with Crippen LogP contribution < -0.4 is 4.74 Å². The van der Waals surface area contributed by atoms with Crippen molar-refractivity contribution in [2.75, 3.05) is 0 Å². The minimum atomic E-state index is -1.34. The van der Waals surface area contributed by atoms with Gasteiger partial charge >= 0.3 is 5.97 Å². The van der Waals surface area contributed by atoms with Gasteiger partial charge in [-0.05, 0) is 87.7 Å². The summed E-state index contributed by atoms with van der Waals surface area (Å²) >= 11 is 1.75. The van der Waals surface area contributed by atoms with E-state index >= 15 is 0 Å². The monoisotopic (exact) mass is 466 g/mol. The highest BCUT2D eigenvalue weighted by Crippen LogP contribution is 2.32. The SMILES string of the molecule is Cc1cc(/C=C/C(=O)c2oc3cc(SC(C)C)ccc3c2C)cc(C)c1OC(C)(C)C(=O)O. The second-order valence-corrected chi connectivity index (χ2v) is 10.6. The number of carbonyl (C=O) groups excluding carboxylic acids is 1. The van der Waals surface area contributed by atoms with Gasteiger partial charge in [0.15, 0.2) is 11.4 Å². The second-order valence-electron chi connectivity index (χ2n) is 8.98. The van der Waals surface area contributed by atoms with E-state index in [1.54, 1.807) is 17.8 Å². The summed E-state index contributed by atoms with van der Waals surface area (Å²) in [5.74, 6) is -0.366. The van der Waals surface area contributed by atoms with Gasteiger partial charge in [-0.2, -0.15) is 0 Å². The number of carboxylic acid groups (broad SMARTS) is 1. The average molecular weight is 467 g/mol. The topological polar surface area (TPSA) is 76.7 Å². The fraction of sp³-hybridized carbons (Fsp3) is 0.333. The van der Waals surface area contributed by atoms with Crippen LogP contribution in [0, 0.1) is 20.8 Å². The molecule has 1 heterocycles. The summed E-state index contributed by atoms with van der Waals surface area (Å²) in [6.45, 7) is 12.9. The van der Waals surface area contributed by atoms with Crippen molar-refractivity contribution >= 4 is 40.6 Å². The first kappa shape index (κ1) is 24.6. The van der Waals surface area contributed by atoms with Gasteiger partial charge in [0, 0.05) is 21.1 Å². The lowest BCUT2D eigenvalue weighted by Crippen LogP contribution is -2.38. The zero-order valence-electron chi connectivity index (χ0n) is 20.1. The number of benzene rings is 2. The van der Waals surface area contributed by atoms with E-state index in [0.717, 1.165) is 32.5 Å². The van der Waals surface area contributed by atoms with Gasteiger partial charge < -0.3 is 14.3 Å². The fourth-order valence-electron chi connectivity index (χ4n) is 3.57. The van der Waals surface area contributed by atoms with Crippen LogP contribution in [-0.2, 0) is 4.79 Å². The molecule has 0 unspecified atom stereocenters. The minimum absolute atomic E-state index is 0.204. The number of carboxylic acids is 1. The van der Waals surface area contributed by atoms with E-state index in [1.807, 2.05) is 45.0 Å². The predicted octanol–water partition coefficient (Wildman–Crippen LogP) is 7.00. The fourth-order valence-corrected chi connectivity index (χ4v) is 4.44. The van der Waals surface area contributed by atoms with E-state index in [9.17, 15) is 14.7 Å². The molecule has 3 aromatic rings. The molecule has 33 heavy (non-hydrogen) atoms. The molecule has 0 aliphatic carbocycles. The Balaban J connectivity index is 1.85. The highest BCUT2D eigenvalue weighted by Gasteiger charge is 2.30. The van der Waals surface area contributed by atoms with E-state index in [4.69, 9.17) is 9.15 Å². The smallest absolute Gasteiger partial charge is 0.347 e. The molecular formula is C27H30O5S. The van der Waals surface area contributed by atoms with Gasteiger partial charge in [0.1, 0.15) is 11.3 Å². The molecule has 5 nitrogen and oxygen atoms in total. The van der Waals surface area contributed by atoms with Crippen LogP contribution in [0.3, 0.4) is 0 Å². The average Bonchev–Trinajstić information content (AvgIpc) is 3.04. The first-order valence-corrected chi connectivity index (χ1v) is 11.7.